The van der Waals surface area contributed by atoms with Gasteiger partial charge in [0.15, 0.2) is 0 Å². The normalized spacial score (nSPS) is 11.2. The van der Waals surface area contributed by atoms with Gasteiger partial charge in [-0.2, -0.15) is 0 Å². The lowest BCUT2D eigenvalue weighted by molar-refractivity contribution is 0.132. The number of rotatable bonds is 6. The summed E-state index contributed by atoms with van der Waals surface area (Å²) in [4.78, 5) is 12.2. The van der Waals surface area contributed by atoms with Gasteiger partial charge in [0.25, 0.3) is 0 Å². The van der Waals surface area contributed by atoms with Crippen molar-refractivity contribution in [3.63, 3.8) is 0 Å². The van der Waals surface area contributed by atoms with Gasteiger partial charge in [0.2, 0.25) is 0 Å². The monoisotopic (exact) mass is 239 g/mol. The van der Waals surface area contributed by atoms with Crippen LogP contribution >= 0.6 is 7.60 Å². The van der Waals surface area contributed by atoms with Gasteiger partial charge >= 0.3 is 13.7 Å². The summed E-state index contributed by atoms with van der Waals surface area (Å²) in [7, 11) is -0.494. The minimum Gasteiger partial charge on any atom is -0.453 e. The third-order valence-electron chi connectivity index (χ3n) is 1.52. The van der Waals surface area contributed by atoms with Crippen LogP contribution < -0.4 is 0 Å². The lowest BCUT2D eigenvalue weighted by atomic mass is 10.9. The number of ether oxygens (including phenoxy) is 1. The molecule has 0 rings (SSSR count). The molecule has 0 aliphatic carbocycles. The molecule has 0 fully saturated rings. The maximum atomic E-state index is 12.0. The Hall–Kier alpha value is -0.580. The molecule has 0 saturated carbocycles. The zero-order valence-electron chi connectivity index (χ0n) is 9.56. The Morgan fingerprint density at radius 2 is 1.73 bits per heavy atom. The summed E-state index contributed by atoms with van der Waals surface area (Å²) in [5.41, 5.74) is 0. The fourth-order valence-corrected chi connectivity index (χ4v) is 2.65. The van der Waals surface area contributed by atoms with Gasteiger partial charge in [-0.3, -0.25) is 9.46 Å². The van der Waals surface area contributed by atoms with Crippen molar-refractivity contribution in [2.45, 2.75) is 13.8 Å². The van der Waals surface area contributed by atoms with Crippen molar-refractivity contribution in [2.24, 2.45) is 0 Å². The molecule has 0 radical (unpaired) electrons. The third-order valence-corrected chi connectivity index (χ3v) is 3.60. The quantitative estimate of drug-likeness (QED) is 0.662. The molecule has 0 unspecified atom stereocenters. The summed E-state index contributed by atoms with van der Waals surface area (Å²) in [6.07, 6.45) is -0.684. The van der Waals surface area contributed by atoms with E-state index in [0.29, 0.717) is 0 Å². The van der Waals surface area contributed by atoms with Crippen LogP contribution in [-0.4, -0.2) is 44.7 Å². The number of methoxy groups -OCH3 is 1. The molecule has 15 heavy (non-hydrogen) atoms. The van der Waals surface area contributed by atoms with E-state index >= 15 is 0 Å². The van der Waals surface area contributed by atoms with Crippen molar-refractivity contribution in [3.05, 3.63) is 0 Å². The summed E-state index contributed by atoms with van der Waals surface area (Å²) in [5.74, 6) is 0. The number of hydrogen-bond donors (Lipinski definition) is 0. The minimum atomic E-state index is -3.22. The molecule has 7 heteroatoms. The first-order valence-electron chi connectivity index (χ1n) is 4.66. The number of carbonyl (C=O) groups is 1. The van der Waals surface area contributed by atoms with Gasteiger partial charge in [-0.25, -0.2) is 4.79 Å². The largest absolute Gasteiger partial charge is 0.453 e. The Morgan fingerprint density at radius 1 is 1.27 bits per heavy atom. The maximum Gasteiger partial charge on any atom is 0.409 e. The highest BCUT2D eigenvalue weighted by Gasteiger charge is 2.28. The molecule has 0 heterocycles. The van der Waals surface area contributed by atoms with E-state index in [1.54, 1.807) is 13.8 Å². The van der Waals surface area contributed by atoms with E-state index in [-0.39, 0.29) is 19.5 Å². The number of nitrogens with zero attached hydrogens (tertiary/aromatic N) is 1. The molecule has 0 aliphatic heterocycles. The molecule has 90 valence electrons. The van der Waals surface area contributed by atoms with E-state index in [1.807, 2.05) is 0 Å². The van der Waals surface area contributed by atoms with Crippen molar-refractivity contribution in [1.82, 2.24) is 4.90 Å². The second-order valence-electron chi connectivity index (χ2n) is 2.76. The predicted octanol–water partition coefficient (Wildman–Crippen LogP) is 1.91. The lowest BCUT2D eigenvalue weighted by Crippen LogP contribution is -2.28. The number of carbonyl (C=O) groups excluding carboxylic acids is 1. The van der Waals surface area contributed by atoms with Crippen LogP contribution in [0.4, 0.5) is 4.79 Å². The van der Waals surface area contributed by atoms with Gasteiger partial charge in [0.05, 0.1) is 20.3 Å². The van der Waals surface area contributed by atoms with E-state index < -0.39 is 13.7 Å². The van der Waals surface area contributed by atoms with Crippen LogP contribution in [0.1, 0.15) is 13.8 Å². The van der Waals surface area contributed by atoms with Crippen molar-refractivity contribution < 1.29 is 23.1 Å². The molecule has 0 aromatic carbocycles. The highest BCUT2D eigenvalue weighted by atomic mass is 31.2. The molecule has 0 N–H and O–H groups in total. The Labute approximate surface area is 90.0 Å². The van der Waals surface area contributed by atoms with E-state index in [4.69, 9.17) is 9.05 Å². The Balaban J connectivity index is 4.40. The van der Waals surface area contributed by atoms with E-state index in [1.165, 1.54) is 14.2 Å². The van der Waals surface area contributed by atoms with Crippen LogP contribution in [-0.2, 0) is 18.3 Å². The highest BCUT2D eigenvalue weighted by molar-refractivity contribution is 7.53. The average molecular weight is 239 g/mol. The fraction of sp³-hybridized carbons (Fsp3) is 0.875. The zero-order valence-corrected chi connectivity index (χ0v) is 10.5. The molecular weight excluding hydrogens is 221 g/mol. The van der Waals surface area contributed by atoms with E-state index in [0.717, 1.165) is 4.90 Å². The second kappa shape index (κ2) is 6.82. The molecule has 0 aliphatic rings. The van der Waals surface area contributed by atoms with Crippen molar-refractivity contribution in [1.29, 1.82) is 0 Å². The Bertz CT molecular complexity index is 235. The van der Waals surface area contributed by atoms with Crippen molar-refractivity contribution >= 4 is 13.7 Å². The maximum absolute atomic E-state index is 12.0. The SMILES string of the molecule is CCOP(=O)(CN(C)C(=O)OC)OCC. The molecule has 0 saturated heterocycles. The van der Waals surface area contributed by atoms with Gasteiger partial charge in [0.1, 0.15) is 6.29 Å². The highest BCUT2D eigenvalue weighted by Crippen LogP contribution is 2.48. The van der Waals surface area contributed by atoms with Crippen LogP contribution in [0.25, 0.3) is 0 Å². The molecule has 6 nitrogen and oxygen atoms in total. The topological polar surface area (TPSA) is 65.1 Å². The summed E-state index contributed by atoms with van der Waals surface area (Å²) in [5, 5.41) is 0. The summed E-state index contributed by atoms with van der Waals surface area (Å²) in [6.45, 7) is 3.96. The van der Waals surface area contributed by atoms with Crippen LogP contribution in [0, 0.1) is 0 Å². The fourth-order valence-electron chi connectivity index (χ4n) is 0.986. The van der Waals surface area contributed by atoms with Gasteiger partial charge in [-0.1, -0.05) is 0 Å². The average Bonchev–Trinajstić information content (AvgIpc) is 2.16. The number of hydrogen-bond acceptors (Lipinski definition) is 5. The molecule has 0 spiro atoms. The van der Waals surface area contributed by atoms with Crippen LogP contribution in [0.5, 0.6) is 0 Å². The molecule has 0 atom stereocenters. The van der Waals surface area contributed by atoms with Gasteiger partial charge < -0.3 is 13.8 Å². The van der Waals surface area contributed by atoms with E-state index in [9.17, 15) is 9.36 Å². The summed E-state index contributed by atoms with van der Waals surface area (Å²) < 4.78 is 26.5. The van der Waals surface area contributed by atoms with E-state index in [2.05, 4.69) is 4.74 Å². The third kappa shape index (κ3) is 5.16. The van der Waals surface area contributed by atoms with Crippen LogP contribution in [0.15, 0.2) is 0 Å². The first-order chi connectivity index (χ1) is 6.99. The van der Waals surface area contributed by atoms with Crippen molar-refractivity contribution in [3.8, 4) is 0 Å². The predicted molar refractivity (Wildman–Crippen MR) is 55.9 cm³/mol. The lowest BCUT2D eigenvalue weighted by Gasteiger charge is -2.22. The van der Waals surface area contributed by atoms with Crippen LogP contribution in [0.2, 0.25) is 0 Å². The zero-order chi connectivity index (χ0) is 11.9. The van der Waals surface area contributed by atoms with Gasteiger partial charge in [-0.05, 0) is 13.8 Å². The van der Waals surface area contributed by atoms with Crippen molar-refractivity contribution in [2.75, 3.05) is 33.7 Å². The Kier molecular flexibility index (Phi) is 6.56. The first kappa shape index (κ1) is 14.4. The molecule has 0 aromatic heterocycles. The van der Waals surface area contributed by atoms with Crippen LogP contribution in [0.3, 0.4) is 0 Å². The summed E-state index contributed by atoms with van der Waals surface area (Å²) in [6, 6.07) is 0. The number of amides is 1. The Morgan fingerprint density at radius 3 is 2.07 bits per heavy atom. The molecular formula is C8H18NO5P. The first-order valence-corrected chi connectivity index (χ1v) is 6.39. The molecule has 1 amide bonds. The smallest absolute Gasteiger partial charge is 0.409 e. The molecule has 0 aromatic rings. The van der Waals surface area contributed by atoms with Gasteiger partial charge in [0, 0.05) is 7.05 Å². The van der Waals surface area contributed by atoms with Gasteiger partial charge in [-0.15, -0.1) is 0 Å². The summed E-state index contributed by atoms with van der Waals surface area (Å²) >= 11 is 0. The standard InChI is InChI=1S/C8H18NO5P/c1-5-13-15(11,14-6-2)7-9(3)8(10)12-4/h5-7H2,1-4H3. The second-order valence-corrected chi connectivity index (χ2v) is 4.78. The molecule has 0 bridgehead atoms. The minimum absolute atomic E-state index is 0.110.